The van der Waals surface area contributed by atoms with Crippen LogP contribution in [0.15, 0.2) is 24.3 Å². The number of carbonyl (C=O) groups is 2. The third-order valence-corrected chi connectivity index (χ3v) is 3.75. The Morgan fingerprint density at radius 2 is 1.96 bits per heavy atom. The Morgan fingerprint density at radius 3 is 2.46 bits per heavy atom. The lowest BCUT2D eigenvalue weighted by Gasteiger charge is -2.19. The maximum atomic E-state index is 13.1. The summed E-state index contributed by atoms with van der Waals surface area (Å²) in [7, 11) is 0. The van der Waals surface area contributed by atoms with Gasteiger partial charge in [0.15, 0.2) is 5.75 Å². The van der Waals surface area contributed by atoms with E-state index in [2.05, 4.69) is 15.3 Å². The molecule has 1 aliphatic rings. The molecule has 1 N–H and O–H groups in total. The first kappa shape index (κ1) is 21.6. The van der Waals surface area contributed by atoms with E-state index in [0.29, 0.717) is 24.2 Å². The van der Waals surface area contributed by atoms with Gasteiger partial charge in [0.05, 0.1) is 30.8 Å². The minimum Gasteiger partial charge on any atom is -0.486 e. The normalized spacial score (nSPS) is 16.7. The van der Waals surface area contributed by atoms with Crippen molar-refractivity contribution in [3.63, 3.8) is 0 Å². The van der Waals surface area contributed by atoms with Crippen LogP contribution in [0.1, 0.15) is 47.5 Å². The number of amides is 2. The molecule has 0 saturated carbocycles. The van der Waals surface area contributed by atoms with Crippen molar-refractivity contribution in [2.45, 2.75) is 58.6 Å². The van der Waals surface area contributed by atoms with Gasteiger partial charge in [-0.15, -0.1) is 0 Å². The first-order valence-electron chi connectivity index (χ1n) is 9.03. The second-order valence-electron chi connectivity index (χ2n) is 8.26. The van der Waals surface area contributed by atoms with Gasteiger partial charge in [0.1, 0.15) is 12.2 Å². The van der Waals surface area contributed by atoms with Crippen LogP contribution in [0.5, 0.6) is 5.75 Å². The highest BCUT2D eigenvalue weighted by Crippen LogP contribution is 2.21. The second-order valence-corrected chi connectivity index (χ2v) is 8.26. The molecule has 0 spiro atoms. The number of halogens is 1. The second kappa shape index (κ2) is 8.53. The number of hydrogen-bond donors (Lipinski definition) is 1. The molecule has 2 rings (SSSR count). The lowest BCUT2D eigenvalue weighted by Crippen LogP contribution is -2.36. The first-order chi connectivity index (χ1) is 13.0. The fourth-order valence-corrected chi connectivity index (χ4v) is 2.54. The highest BCUT2D eigenvalue weighted by molar-refractivity contribution is 5.93. The summed E-state index contributed by atoms with van der Waals surface area (Å²) in [5.41, 5.74) is -0.617. The summed E-state index contributed by atoms with van der Waals surface area (Å²) in [6.45, 7) is 9.54. The van der Waals surface area contributed by atoms with Crippen molar-refractivity contribution in [3.05, 3.63) is 24.3 Å². The fourth-order valence-electron chi connectivity index (χ4n) is 2.54. The number of carbonyl (C=O) groups excluding carboxylic acids is 2. The molecule has 0 aromatic carbocycles. The highest BCUT2D eigenvalue weighted by atomic mass is 19.1. The molecule has 1 fully saturated rings. The quantitative estimate of drug-likeness (QED) is 0.714. The SMILES string of the molecule is CC1(C)CN(c2ncc(OC/C(=C/F)CCC(=O)OC(C)(C)C)cn2)C(=O)N1. The number of hydrogen-bond acceptors (Lipinski definition) is 6. The van der Waals surface area contributed by atoms with E-state index in [1.165, 1.54) is 17.3 Å². The van der Waals surface area contributed by atoms with Crippen molar-refractivity contribution in [2.24, 2.45) is 0 Å². The number of anilines is 1. The molecular formula is C19H27FN4O4. The molecule has 0 aliphatic carbocycles. The van der Waals surface area contributed by atoms with Crippen LogP contribution >= 0.6 is 0 Å². The number of ether oxygens (including phenoxy) is 2. The van der Waals surface area contributed by atoms with Crippen molar-refractivity contribution in [1.82, 2.24) is 15.3 Å². The van der Waals surface area contributed by atoms with E-state index in [-0.39, 0.29) is 37.0 Å². The molecular weight excluding hydrogens is 367 g/mol. The van der Waals surface area contributed by atoms with Gasteiger partial charge in [-0.25, -0.2) is 19.2 Å². The summed E-state index contributed by atoms with van der Waals surface area (Å²) in [6, 6.07) is -0.261. The van der Waals surface area contributed by atoms with Crippen LogP contribution in [0.25, 0.3) is 0 Å². The van der Waals surface area contributed by atoms with Crippen molar-refractivity contribution in [2.75, 3.05) is 18.1 Å². The lowest BCUT2D eigenvalue weighted by atomic mass is 10.1. The summed E-state index contributed by atoms with van der Waals surface area (Å²) in [4.78, 5) is 33.4. The van der Waals surface area contributed by atoms with Gasteiger partial charge in [0, 0.05) is 6.42 Å². The number of aromatic nitrogens is 2. The van der Waals surface area contributed by atoms with Crippen LogP contribution in [-0.2, 0) is 9.53 Å². The van der Waals surface area contributed by atoms with Gasteiger partial charge >= 0.3 is 12.0 Å². The van der Waals surface area contributed by atoms with Gasteiger partial charge in [0.25, 0.3) is 0 Å². The minimum atomic E-state index is -0.576. The van der Waals surface area contributed by atoms with Gasteiger partial charge in [0.2, 0.25) is 5.95 Å². The van der Waals surface area contributed by atoms with E-state index in [4.69, 9.17) is 9.47 Å². The Kier molecular flexibility index (Phi) is 6.58. The predicted molar refractivity (Wildman–Crippen MR) is 102 cm³/mol. The van der Waals surface area contributed by atoms with Crippen molar-refractivity contribution in [1.29, 1.82) is 0 Å². The zero-order chi connectivity index (χ0) is 20.9. The number of nitrogens with zero attached hydrogens (tertiary/aromatic N) is 3. The monoisotopic (exact) mass is 394 g/mol. The average molecular weight is 394 g/mol. The summed E-state index contributed by atoms with van der Waals surface area (Å²) >= 11 is 0. The Labute approximate surface area is 164 Å². The van der Waals surface area contributed by atoms with Gasteiger partial charge in [-0.1, -0.05) is 0 Å². The van der Waals surface area contributed by atoms with E-state index in [1.54, 1.807) is 20.8 Å². The summed E-state index contributed by atoms with van der Waals surface area (Å²) in [5.74, 6) is 0.201. The maximum Gasteiger partial charge on any atom is 0.324 e. The molecule has 0 unspecified atom stereocenters. The van der Waals surface area contributed by atoms with Crippen LogP contribution < -0.4 is 15.0 Å². The molecule has 154 valence electrons. The first-order valence-corrected chi connectivity index (χ1v) is 9.03. The van der Waals surface area contributed by atoms with E-state index in [1.807, 2.05) is 13.8 Å². The Balaban J connectivity index is 1.85. The highest BCUT2D eigenvalue weighted by Gasteiger charge is 2.36. The number of rotatable bonds is 7. The molecule has 0 atom stereocenters. The van der Waals surface area contributed by atoms with Crippen LogP contribution in [-0.4, -0.2) is 46.3 Å². The molecule has 9 heteroatoms. The van der Waals surface area contributed by atoms with Gasteiger partial charge in [-0.2, -0.15) is 0 Å². The van der Waals surface area contributed by atoms with Crippen LogP contribution in [0, 0.1) is 0 Å². The fraction of sp³-hybridized carbons (Fsp3) is 0.579. The minimum absolute atomic E-state index is 0.0424. The van der Waals surface area contributed by atoms with Gasteiger partial charge < -0.3 is 14.8 Å². The summed E-state index contributed by atoms with van der Waals surface area (Å²) in [5, 5.41) is 2.83. The van der Waals surface area contributed by atoms with Gasteiger partial charge in [-0.3, -0.25) is 9.69 Å². The van der Waals surface area contributed by atoms with Crippen molar-refractivity contribution >= 4 is 17.9 Å². The maximum absolute atomic E-state index is 13.1. The van der Waals surface area contributed by atoms with Crippen molar-refractivity contribution < 1.29 is 23.5 Å². The third kappa shape index (κ3) is 6.47. The van der Waals surface area contributed by atoms with Crippen LogP contribution in [0.2, 0.25) is 0 Å². The van der Waals surface area contributed by atoms with E-state index in [9.17, 15) is 14.0 Å². The number of esters is 1. The van der Waals surface area contributed by atoms with E-state index >= 15 is 0 Å². The Bertz CT molecular complexity index is 741. The third-order valence-electron chi connectivity index (χ3n) is 3.75. The molecule has 1 aliphatic heterocycles. The predicted octanol–water partition coefficient (Wildman–Crippen LogP) is 3.14. The smallest absolute Gasteiger partial charge is 0.324 e. The Morgan fingerprint density at radius 1 is 1.32 bits per heavy atom. The molecule has 1 saturated heterocycles. The average Bonchev–Trinajstić information content (AvgIpc) is 2.86. The van der Waals surface area contributed by atoms with E-state index < -0.39 is 11.6 Å². The molecule has 0 radical (unpaired) electrons. The molecule has 2 amide bonds. The molecule has 2 heterocycles. The molecule has 1 aromatic heterocycles. The molecule has 1 aromatic rings. The lowest BCUT2D eigenvalue weighted by molar-refractivity contribution is -0.154. The molecule has 0 bridgehead atoms. The zero-order valence-electron chi connectivity index (χ0n) is 16.9. The zero-order valence-corrected chi connectivity index (χ0v) is 16.9. The Hall–Kier alpha value is -2.71. The number of urea groups is 1. The summed E-state index contributed by atoms with van der Waals surface area (Å²) in [6.07, 6.45) is 3.52. The van der Waals surface area contributed by atoms with Crippen molar-refractivity contribution in [3.8, 4) is 5.75 Å². The van der Waals surface area contributed by atoms with E-state index in [0.717, 1.165) is 0 Å². The number of nitrogens with one attached hydrogen (secondary N) is 1. The van der Waals surface area contributed by atoms with Gasteiger partial charge in [-0.05, 0) is 46.6 Å². The van der Waals surface area contributed by atoms with Crippen LogP contribution in [0.3, 0.4) is 0 Å². The largest absolute Gasteiger partial charge is 0.486 e. The topological polar surface area (TPSA) is 93.7 Å². The molecule has 8 nitrogen and oxygen atoms in total. The molecule has 28 heavy (non-hydrogen) atoms. The van der Waals surface area contributed by atoms with Crippen LogP contribution in [0.4, 0.5) is 15.1 Å². The standard InChI is InChI=1S/C19H27FN4O4/c1-18(2,3)28-15(25)7-6-13(8-20)11-27-14-9-21-16(22-10-14)24-12-19(4,5)23-17(24)26/h8-10H,6-7,11-12H2,1-5H3,(H,23,26)/b13-8+. The summed E-state index contributed by atoms with van der Waals surface area (Å²) < 4.78 is 23.7.